The zero-order valence-electron chi connectivity index (χ0n) is 10.7. The molecule has 0 unspecified atom stereocenters. The summed E-state index contributed by atoms with van der Waals surface area (Å²) in [4.78, 5) is 16.2. The number of benzene rings is 2. The van der Waals surface area contributed by atoms with Crippen molar-refractivity contribution in [2.75, 3.05) is 6.61 Å². The highest BCUT2D eigenvalue weighted by atomic mass is 16.5. The van der Waals surface area contributed by atoms with E-state index in [0.29, 0.717) is 18.0 Å². The van der Waals surface area contributed by atoms with Crippen molar-refractivity contribution >= 4 is 17.4 Å². The van der Waals surface area contributed by atoms with Gasteiger partial charge in [-0.2, -0.15) is 0 Å². The number of para-hydroxylation sites is 2. The van der Waals surface area contributed by atoms with Crippen LogP contribution in [0, 0.1) is 0 Å². The Morgan fingerprint density at radius 3 is 2.65 bits per heavy atom. The third-order valence-electron chi connectivity index (χ3n) is 2.84. The van der Waals surface area contributed by atoms with Gasteiger partial charge < -0.3 is 4.74 Å². The van der Waals surface area contributed by atoms with Gasteiger partial charge in [0.05, 0.1) is 0 Å². The highest BCUT2D eigenvalue weighted by Crippen LogP contribution is 2.29. The summed E-state index contributed by atoms with van der Waals surface area (Å²) < 4.78 is 5.53. The van der Waals surface area contributed by atoms with Crippen molar-refractivity contribution in [3.63, 3.8) is 0 Å². The Morgan fingerprint density at radius 2 is 1.80 bits per heavy atom. The third-order valence-corrected chi connectivity index (χ3v) is 2.84. The summed E-state index contributed by atoms with van der Waals surface area (Å²) in [5, 5.41) is 0. The smallest absolute Gasteiger partial charge is 0.269 e. The molecule has 5 nitrogen and oxygen atoms in total. The monoisotopic (exact) mass is 267 g/mol. The molecule has 0 aromatic heterocycles. The molecule has 1 aliphatic heterocycles. The molecule has 0 saturated carbocycles. The van der Waals surface area contributed by atoms with Gasteiger partial charge in [0.1, 0.15) is 18.0 Å². The van der Waals surface area contributed by atoms with Crippen molar-refractivity contribution in [3.05, 3.63) is 60.2 Å². The summed E-state index contributed by atoms with van der Waals surface area (Å²) in [5.41, 5.74) is 6.71. The predicted molar refractivity (Wildman–Crippen MR) is 76.1 cm³/mol. The lowest BCUT2D eigenvalue weighted by Gasteiger charge is -2.18. The van der Waals surface area contributed by atoms with Gasteiger partial charge in [0, 0.05) is 5.56 Å². The minimum atomic E-state index is -0.216. The van der Waals surface area contributed by atoms with Gasteiger partial charge in [0.2, 0.25) is 0 Å². The average molecular weight is 267 g/mol. The first-order valence-corrected chi connectivity index (χ1v) is 6.24. The Morgan fingerprint density at radius 1 is 1.05 bits per heavy atom. The molecule has 1 heterocycles. The number of amidine groups is 1. The second kappa shape index (κ2) is 5.44. The lowest BCUT2D eigenvalue weighted by Crippen LogP contribution is -2.44. The number of carbonyl (C=O) groups excluding carboxylic acids is 1. The van der Waals surface area contributed by atoms with Crippen LogP contribution in [0.3, 0.4) is 0 Å². The fraction of sp³-hybridized carbons (Fsp3) is 0.0667. The van der Waals surface area contributed by atoms with Crippen molar-refractivity contribution in [2.24, 2.45) is 4.99 Å². The van der Waals surface area contributed by atoms with Gasteiger partial charge in [-0.05, 0) is 24.3 Å². The number of hydrogen-bond donors (Lipinski definition) is 2. The van der Waals surface area contributed by atoms with E-state index in [4.69, 9.17) is 4.74 Å². The summed E-state index contributed by atoms with van der Waals surface area (Å²) in [6.45, 7) is 0.298. The maximum absolute atomic E-state index is 11.9. The van der Waals surface area contributed by atoms with Crippen LogP contribution in [0.5, 0.6) is 5.75 Å². The van der Waals surface area contributed by atoms with E-state index < -0.39 is 0 Å². The van der Waals surface area contributed by atoms with Crippen molar-refractivity contribution in [1.82, 2.24) is 10.9 Å². The summed E-state index contributed by atoms with van der Waals surface area (Å²) >= 11 is 0. The summed E-state index contributed by atoms with van der Waals surface area (Å²) in [5.74, 6) is 1.09. The first-order valence-electron chi connectivity index (χ1n) is 6.24. The molecule has 0 atom stereocenters. The zero-order chi connectivity index (χ0) is 13.8. The summed E-state index contributed by atoms with van der Waals surface area (Å²) in [7, 11) is 0. The van der Waals surface area contributed by atoms with Gasteiger partial charge in [0.25, 0.3) is 5.91 Å². The molecular weight excluding hydrogens is 254 g/mol. The number of ether oxygens (including phenoxy) is 1. The van der Waals surface area contributed by atoms with Crippen LogP contribution < -0.4 is 15.6 Å². The van der Waals surface area contributed by atoms with Crippen molar-refractivity contribution in [1.29, 1.82) is 0 Å². The van der Waals surface area contributed by atoms with E-state index in [1.54, 1.807) is 12.1 Å². The second-order valence-electron chi connectivity index (χ2n) is 4.26. The van der Waals surface area contributed by atoms with Crippen LogP contribution in [0.4, 0.5) is 5.69 Å². The fourth-order valence-electron chi connectivity index (χ4n) is 1.85. The highest BCUT2D eigenvalue weighted by Gasteiger charge is 2.13. The van der Waals surface area contributed by atoms with Gasteiger partial charge in [-0.3, -0.25) is 15.6 Å². The van der Waals surface area contributed by atoms with Crippen LogP contribution in [0.25, 0.3) is 0 Å². The van der Waals surface area contributed by atoms with E-state index in [0.717, 1.165) is 11.4 Å². The molecular formula is C15H13N3O2. The quantitative estimate of drug-likeness (QED) is 0.777. The van der Waals surface area contributed by atoms with Gasteiger partial charge in [-0.15, -0.1) is 0 Å². The number of aliphatic imine (C=N–C) groups is 1. The lowest BCUT2D eigenvalue weighted by molar-refractivity contribution is 0.0943. The Bertz CT molecular complexity index is 653. The minimum absolute atomic E-state index is 0.216. The Hall–Kier alpha value is -2.82. The van der Waals surface area contributed by atoms with Crippen LogP contribution in [-0.2, 0) is 0 Å². The van der Waals surface area contributed by atoms with Crippen molar-refractivity contribution < 1.29 is 9.53 Å². The molecule has 3 rings (SSSR count). The minimum Gasteiger partial charge on any atom is -0.483 e. The molecule has 0 fully saturated rings. The van der Waals surface area contributed by atoms with Crippen LogP contribution in [0.15, 0.2) is 59.6 Å². The largest absolute Gasteiger partial charge is 0.483 e. The number of hydrogen-bond acceptors (Lipinski definition) is 4. The first-order chi connectivity index (χ1) is 9.83. The van der Waals surface area contributed by atoms with Gasteiger partial charge in [0.15, 0.2) is 5.84 Å². The predicted octanol–water partition coefficient (Wildman–Crippen LogP) is 2.04. The number of amides is 1. The second-order valence-corrected chi connectivity index (χ2v) is 4.26. The standard InChI is InChI=1S/C15H13N3O2/c19-15(11-6-2-1-3-7-11)18-17-14-10-20-13-9-5-4-8-12(13)16-14/h1-9H,10H2,(H,16,17)(H,18,19). The zero-order valence-corrected chi connectivity index (χ0v) is 10.7. The summed E-state index contributed by atoms with van der Waals surface area (Å²) in [6.07, 6.45) is 0. The normalized spacial score (nSPS) is 12.7. The summed E-state index contributed by atoms with van der Waals surface area (Å²) in [6, 6.07) is 16.5. The van der Waals surface area contributed by atoms with Crippen LogP contribution >= 0.6 is 0 Å². The highest BCUT2D eigenvalue weighted by molar-refractivity contribution is 5.96. The molecule has 0 radical (unpaired) electrons. The molecule has 1 amide bonds. The first kappa shape index (κ1) is 12.2. The number of nitrogens with zero attached hydrogens (tertiary/aromatic N) is 1. The number of hydrazine groups is 1. The topological polar surface area (TPSA) is 62.7 Å². The van der Waals surface area contributed by atoms with Crippen molar-refractivity contribution in [2.45, 2.75) is 0 Å². The van der Waals surface area contributed by atoms with Crippen LogP contribution in [0.2, 0.25) is 0 Å². The van der Waals surface area contributed by atoms with E-state index in [2.05, 4.69) is 15.8 Å². The Kier molecular flexibility index (Phi) is 3.33. The molecule has 0 saturated heterocycles. The van der Waals surface area contributed by atoms with E-state index in [1.807, 2.05) is 42.5 Å². The molecule has 2 N–H and O–H groups in total. The molecule has 0 bridgehead atoms. The van der Waals surface area contributed by atoms with E-state index >= 15 is 0 Å². The van der Waals surface area contributed by atoms with E-state index in [1.165, 1.54) is 0 Å². The van der Waals surface area contributed by atoms with Crippen LogP contribution in [0.1, 0.15) is 10.4 Å². The molecule has 0 spiro atoms. The molecule has 1 aliphatic rings. The third kappa shape index (κ3) is 2.61. The van der Waals surface area contributed by atoms with Gasteiger partial charge >= 0.3 is 0 Å². The Labute approximate surface area is 116 Å². The number of carbonyl (C=O) groups is 1. The number of fused-ring (bicyclic) bond motifs is 1. The maximum atomic E-state index is 11.9. The lowest BCUT2D eigenvalue weighted by atomic mass is 10.2. The maximum Gasteiger partial charge on any atom is 0.269 e. The Balaban J connectivity index is 1.65. The van der Waals surface area contributed by atoms with E-state index in [-0.39, 0.29) is 5.91 Å². The number of nitrogens with one attached hydrogen (secondary N) is 2. The molecule has 2 aromatic carbocycles. The SMILES string of the molecule is O=C(NNC1=Nc2ccccc2OC1)c1ccccc1. The number of rotatable bonds is 1. The average Bonchev–Trinajstić information content (AvgIpc) is 2.53. The molecule has 20 heavy (non-hydrogen) atoms. The molecule has 2 aromatic rings. The van der Waals surface area contributed by atoms with Crippen molar-refractivity contribution in [3.8, 4) is 5.75 Å². The van der Waals surface area contributed by atoms with Crippen LogP contribution in [-0.4, -0.2) is 18.3 Å². The molecule has 5 heteroatoms. The fourth-order valence-corrected chi connectivity index (χ4v) is 1.85. The van der Waals surface area contributed by atoms with E-state index in [9.17, 15) is 4.79 Å². The van der Waals surface area contributed by atoms with Gasteiger partial charge in [-0.25, -0.2) is 4.99 Å². The molecule has 100 valence electrons. The molecule has 0 aliphatic carbocycles. The van der Waals surface area contributed by atoms with Gasteiger partial charge in [-0.1, -0.05) is 30.3 Å².